The summed E-state index contributed by atoms with van der Waals surface area (Å²) in [6.07, 6.45) is 2.94. The van der Waals surface area contributed by atoms with Gasteiger partial charge in [-0.2, -0.15) is 0 Å². The van der Waals surface area contributed by atoms with Crippen LogP contribution in [0.4, 0.5) is 5.69 Å². The number of amides is 1. The standard InChI is InChI=1S/C13H10Cl2N2O/c1-8-3-2-4-10(14)12(8)17-13(18)9-5-6-16-7-11(9)15/h2-7H,1H3,(H,17,18). The van der Waals surface area contributed by atoms with Gasteiger partial charge in [0.25, 0.3) is 5.91 Å². The van der Waals surface area contributed by atoms with Gasteiger partial charge in [0.2, 0.25) is 0 Å². The predicted octanol–water partition coefficient (Wildman–Crippen LogP) is 3.95. The minimum Gasteiger partial charge on any atom is -0.320 e. The van der Waals surface area contributed by atoms with Crippen molar-refractivity contribution in [2.75, 3.05) is 5.32 Å². The molecule has 0 aliphatic heterocycles. The molecule has 0 aliphatic carbocycles. The summed E-state index contributed by atoms with van der Waals surface area (Å²) in [5.41, 5.74) is 1.85. The van der Waals surface area contributed by atoms with Crippen molar-refractivity contribution in [3.05, 3.63) is 57.8 Å². The van der Waals surface area contributed by atoms with Gasteiger partial charge in [-0.3, -0.25) is 9.78 Å². The summed E-state index contributed by atoms with van der Waals surface area (Å²) in [6.45, 7) is 1.87. The Kier molecular flexibility index (Phi) is 3.84. The molecule has 18 heavy (non-hydrogen) atoms. The lowest BCUT2D eigenvalue weighted by molar-refractivity contribution is 0.102. The van der Waals surface area contributed by atoms with Gasteiger partial charge in [-0.1, -0.05) is 35.3 Å². The number of benzene rings is 1. The quantitative estimate of drug-likeness (QED) is 0.905. The highest BCUT2D eigenvalue weighted by molar-refractivity contribution is 6.36. The number of aryl methyl sites for hydroxylation is 1. The van der Waals surface area contributed by atoms with Crippen LogP contribution >= 0.6 is 23.2 Å². The Hall–Kier alpha value is -1.58. The van der Waals surface area contributed by atoms with Crippen LogP contribution in [0.3, 0.4) is 0 Å². The van der Waals surface area contributed by atoms with E-state index in [1.165, 1.54) is 12.4 Å². The van der Waals surface area contributed by atoms with E-state index in [4.69, 9.17) is 23.2 Å². The van der Waals surface area contributed by atoms with Crippen molar-refractivity contribution in [3.8, 4) is 0 Å². The molecular formula is C13H10Cl2N2O. The van der Waals surface area contributed by atoms with Crippen molar-refractivity contribution in [1.29, 1.82) is 0 Å². The molecule has 0 bridgehead atoms. The predicted molar refractivity (Wildman–Crippen MR) is 73.4 cm³/mol. The van der Waals surface area contributed by atoms with E-state index in [2.05, 4.69) is 10.3 Å². The van der Waals surface area contributed by atoms with E-state index in [0.29, 0.717) is 21.3 Å². The van der Waals surface area contributed by atoms with Crippen LogP contribution in [0.1, 0.15) is 15.9 Å². The van der Waals surface area contributed by atoms with Crippen molar-refractivity contribution in [2.45, 2.75) is 6.92 Å². The normalized spacial score (nSPS) is 10.2. The zero-order valence-electron chi connectivity index (χ0n) is 9.58. The molecule has 0 spiro atoms. The zero-order chi connectivity index (χ0) is 13.1. The van der Waals surface area contributed by atoms with Crippen LogP contribution in [0, 0.1) is 6.92 Å². The van der Waals surface area contributed by atoms with E-state index in [0.717, 1.165) is 5.56 Å². The molecule has 2 aromatic rings. The fourth-order valence-electron chi connectivity index (χ4n) is 1.53. The number of anilines is 1. The number of halogens is 2. The summed E-state index contributed by atoms with van der Waals surface area (Å²) in [5, 5.41) is 3.55. The smallest absolute Gasteiger partial charge is 0.257 e. The number of hydrogen-bond donors (Lipinski definition) is 1. The third kappa shape index (κ3) is 2.63. The van der Waals surface area contributed by atoms with Gasteiger partial charge < -0.3 is 5.32 Å². The van der Waals surface area contributed by atoms with E-state index >= 15 is 0 Å². The molecule has 3 nitrogen and oxygen atoms in total. The summed E-state index contributed by atoms with van der Waals surface area (Å²) >= 11 is 11.9. The van der Waals surface area contributed by atoms with Gasteiger partial charge in [-0.05, 0) is 24.6 Å². The van der Waals surface area contributed by atoms with Crippen LogP contribution in [0.5, 0.6) is 0 Å². The summed E-state index contributed by atoms with van der Waals surface area (Å²) in [7, 11) is 0. The number of carbonyl (C=O) groups excluding carboxylic acids is 1. The average molecular weight is 281 g/mol. The first kappa shape index (κ1) is 12.9. The maximum Gasteiger partial charge on any atom is 0.257 e. The molecule has 1 N–H and O–H groups in total. The van der Waals surface area contributed by atoms with E-state index < -0.39 is 0 Å². The Morgan fingerprint density at radius 3 is 2.67 bits per heavy atom. The summed E-state index contributed by atoms with van der Waals surface area (Å²) in [4.78, 5) is 15.9. The molecular weight excluding hydrogens is 271 g/mol. The molecule has 1 aromatic carbocycles. The van der Waals surface area contributed by atoms with E-state index in [-0.39, 0.29) is 5.91 Å². The Morgan fingerprint density at radius 1 is 1.22 bits per heavy atom. The Labute approximate surface area is 115 Å². The van der Waals surface area contributed by atoms with E-state index in [1.54, 1.807) is 12.1 Å². The highest BCUT2D eigenvalue weighted by Crippen LogP contribution is 2.26. The molecule has 0 saturated carbocycles. The number of para-hydroxylation sites is 1. The molecule has 0 unspecified atom stereocenters. The second-order valence-electron chi connectivity index (χ2n) is 3.74. The Bertz CT molecular complexity index is 579. The van der Waals surface area contributed by atoms with Gasteiger partial charge in [0.1, 0.15) is 0 Å². The average Bonchev–Trinajstić information content (AvgIpc) is 2.34. The molecule has 92 valence electrons. The van der Waals surface area contributed by atoms with Crippen molar-refractivity contribution in [2.24, 2.45) is 0 Å². The molecule has 0 radical (unpaired) electrons. The van der Waals surface area contributed by atoms with Gasteiger partial charge in [-0.15, -0.1) is 0 Å². The largest absolute Gasteiger partial charge is 0.320 e. The maximum absolute atomic E-state index is 12.1. The first-order valence-corrected chi connectivity index (χ1v) is 6.01. The first-order chi connectivity index (χ1) is 8.59. The number of nitrogens with one attached hydrogen (secondary N) is 1. The lowest BCUT2D eigenvalue weighted by atomic mass is 10.2. The topological polar surface area (TPSA) is 42.0 Å². The minimum atomic E-state index is -0.307. The number of aromatic nitrogens is 1. The number of rotatable bonds is 2. The highest BCUT2D eigenvalue weighted by atomic mass is 35.5. The second kappa shape index (κ2) is 5.38. The third-order valence-corrected chi connectivity index (χ3v) is 3.09. The molecule has 2 rings (SSSR count). The third-order valence-electron chi connectivity index (χ3n) is 2.48. The van der Waals surface area contributed by atoms with Gasteiger partial charge in [0.15, 0.2) is 0 Å². The van der Waals surface area contributed by atoms with Crippen molar-refractivity contribution in [3.63, 3.8) is 0 Å². The Balaban J connectivity index is 2.30. The van der Waals surface area contributed by atoms with Crippen molar-refractivity contribution < 1.29 is 4.79 Å². The van der Waals surface area contributed by atoms with Gasteiger partial charge in [-0.25, -0.2) is 0 Å². The number of hydrogen-bond acceptors (Lipinski definition) is 2. The molecule has 0 atom stereocenters. The summed E-state index contributed by atoms with van der Waals surface area (Å²) in [6, 6.07) is 6.98. The van der Waals surface area contributed by atoms with Gasteiger partial charge >= 0.3 is 0 Å². The van der Waals surface area contributed by atoms with Gasteiger partial charge in [0.05, 0.1) is 21.3 Å². The van der Waals surface area contributed by atoms with E-state index in [1.807, 2.05) is 19.1 Å². The molecule has 1 aromatic heterocycles. The number of carbonyl (C=O) groups is 1. The van der Waals surface area contributed by atoms with Crippen LogP contribution < -0.4 is 5.32 Å². The lowest BCUT2D eigenvalue weighted by Crippen LogP contribution is -2.13. The molecule has 0 aliphatic rings. The number of nitrogens with zero attached hydrogens (tertiary/aromatic N) is 1. The van der Waals surface area contributed by atoms with Crippen LogP contribution in [0.2, 0.25) is 10.0 Å². The first-order valence-electron chi connectivity index (χ1n) is 5.25. The molecule has 1 amide bonds. The summed E-state index contributed by atoms with van der Waals surface area (Å²) in [5.74, 6) is -0.307. The summed E-state index contributed by atoms with van der Waals surface area (Å²) < 4.78 is 0. The van der Waals surface area contributed by atoms with Gasteiger partial charge in [0, 0.05) is 12.4 Å². The van der Waals surface area contributed by atoms with Crippen LogP contribution in [0.15, 0.2) is 36.7 Å². The van der Waals surface area contributed by atoms with E-state index in [9.17, 15) is 4.79 Å². The molecule has 0 saturated heterocycles. The highest BCUT2D eigenvalue weighted by Gasteiger charge is 2.13. The second-order valence-corrected chi connectivity index (χ2v) is 4.56. The number of pyridine rings is 1. The Morgan fingerprint density at radius 2 is 2.00 bits per heavy atom. The van der Waals surface area contributed by atoms with Crippen LogP contribution in [-0.4, -0.2) is 10.9 Å². The minimum absolute atomic E-state index is 0.305. The van der Waals surface area contributed by atoms with Crippen molar-refractivity contribution in [1.82, 2.24) is 4.98 Å². The monoisotopic (exact) mass is 280 g/mol. The van der Waals surface area contributed by atoms with Crippen molar-refractivity contribution >= 4 is 34.8 Å². The van der Waals surface area contributed by atoms with Crippen LogP contribution in [0.25, 0.3) is 0 Å². The molecule has 1 heterocycles. The SMILES string of the molecule is Cc1cccc(Cl)c1NC(=O)c1ccncc1Cl. The fraction of sp³-hybridized carbons (Fsp3) is 0.0769. The van der Waals surface area contributed by atoms with Crippen LogP contribution in [-0.2, 0) is 0 Å². The molecule has 5 heteroatoms. The maximum atomic E-state index is 12.1. The zero-order valence-corrected chi connectivity index (χ0v) is 11.1. The molecule has 0 fully saturated rings. The fourth-order valence-corrected chi connectivity index (χ4v) is 2.00. The lowest BCUT2D eigenvalue weighted by Gasteiger charge is -2.10.